The van der Waals surface area contributed by atoms with Crippen molar-refractivity contribution in [3.63, 3.8) is 0 Å². The van der Waals surface area contributed by atoms with Crippen molar-refractivity contribution >= 4 is 33.8 Å². The molecule has 110 valence electrons. The Morgan fingerprint density at radius 1 is 1.33 bits per heavy atom. The quantitative estimate of drug-likeness (QED) is 0.883. The van der Waals surface area contributed by atoms with E-state index >= 15 is 0 Å². The number of aromatic nitrogens is 1. The maximum atomic E-state index is 5.91. The first kappa shape index (κ1) is 14.2. The van der Waals surface area contributed by atoms with Crippen LogP contribution < -0.4 is 10.6 Å². The van der Waals surface area contributed by atoms with Gasteiger partial charge in [-0.1, -0.05) is 30.4 Å². The summed E-state index contributed by atoms with van der Waals surface area (Å²) in [7, 11) is 1.78. The molecule has 4 nitrogen and oxygen atoms in total. The van der Waals surface area contributed by atoms with Crippen LogP contribution in [0.4, 0.5) is 5.69 Å². The van der Waals surface area contributed by atoms with Gasteiger partial charge in [0.05, 0.1) is 22.9 Å². The minimum atomic E-state index is 0.350. The Hall–Kier alpha value is -1.72. The third-order valence-electron chi connectivity index (χ3n) is 4.10. The molecular weight excluding hydrogens is 282 g/mol. The van der Waals surface area contributed by atoms with Crippen molar-refractivity contribution in [3.05, 3.63) is 36.0 Å². The molecule has 0 bridgehead atoms. The van der Waals surface area contributed by atoms with Gasteiger partial charge in [0.2, 0.25) is 0 Å². The lowest BCUT2D eigenvalue weighted by molar-refractivity contribution is 0.0819. The number of methoxy groups -OCH3 is 1. The maximum absolute atomic E-state index is 5.91. The van der Waals surface area contributed by atoms with E-state index in [1.807, 2.05) is 18.2 Å². The standard InChI is InChI=1S/C16H19N3OS/c1-20-11-6-8-19(9-7-11)15-12-4-2-3-5-14(12)18-10-13(15)16(17)21/h2-5,10-11H,6-9H2,1H3,(H2,17,21). The zero-order valence-electron chi connectivity index (χ0n) is 12.1. The summed E-state index contributed by atoms with van der Waals surface area (Å²) in [5, 5.41) is 1.11. The number of anilines is 1. The van der Waals surface area contributed by atoms with Crippen LogP contribution in [0.5, 0.6) is 0 Å². The molecule has 1 aliphatic rings. The maximum Gasteiger partial charge on any atom is 0.107 e. The van der Waals surface area contributed by atoms with Crippen molar-refractivity contribution in [2.75, 3.05) is 25.1 Å². The van der Waals surface area contributed by atoms with Gasteiger partial charge in [-0.05, 0) is 18.9 Å². The number of fused-ring (bicyclic) bond motifs is 1. The van der Waals surface area contributed by atoms with Crippen molar-refractivity contribution < 1.29 is 4.74 Å². The van der Waals surface area contributed by atoms with Crippen LogP contribution in [0.25, 0.3) is 10.9 Å². The Bertz CT molecular complexity index is 666. The Balaban J connectivity index is 2.07. The van der Waals surface area contributed by atoms with Gasteiger partial charge < -0.3 is 15.4 Å². The van der Waals surface area contributed by atoms with Crippen LogP contribution in [-0.2, 0) is 4.74 Å². The Labute approximate surface area is 129 Å². The molecule has 3 rings (SSSR count). The van der Waals surface area contributed by atoms with Crippen molar-refractivity contribution in [3.8, 4) is 0 Å². The highest BCUT2D eigenvalue weighted by Gasteiger charge is 2.23. The lowest BCUT2D eigenvalue weighted by atomic mass is 10.0. The molecule has 1 aliphatic heterocycles. The monoisotopic (exact) mass is 301 g/mol. The van der Waals surface area contributed by atoms with Gasteiger partial charge in [-0.2, -0.15) is 0 Å². The van der Waals surface area contributed by atoms with Crippen molar-refractivity contribution in [1.29, 1.82) is 0 Å². The van der Waals surface area contributed by atoms with Crippen LogP contribution in [0, 0.1) is 0 Å². The van der Waals surface area contributed by atoms with Gasteiger partial charge in [-0.3, -0.25) is 4.98 Å². The minimum Gasteiger partial charge on any atom is -0.389 e. The van der Waals surface area contributed by atoms with Gasteiger partial charge in [0.25, 0.3) is 0 Å². The lowest BCUT2D eigenvalue weighted by Gasteiger charge is -2.34. The molecule has 5 heteroatoms. The summed E-state index contributed by atoms with van der Waals surface area (Å²) >= 11 is 5.21. The first-order valence-corrected chi connectivity index (χ1v) is 7.57. The summed E-state index contributed by atoms with van der Waals surface area (Å²) in [5.41, 5.74) is 8.85. The number of benzene rings is 1. The molecule has 0 aliphatic carbocycles. The second kappa shape index (κ2) is 5.95. The Morgan fingerprint density at radius 2 is 2.05 bits per heavy atom. The molecule has 1 saturated heterocycles. The molecule has 2 heterocycles. The number of ether oxygens (including phenoxy) is 1. The second-order valence-electron chi connectivity index (χ2n) is 5.32. The molecule has 0 atom stereocenters. The molecule has 1 aromatic heterocycles. The van der Waals surface area contributed by atoms with Gasteiger partial charge in [0.1, 0.15) is 4.99 Å². The highest BCUT2D eigenvalue weighted by molar-refractivity contribution is 7.80. The van der Waals surface area contributed by atoms with Gasteiger partial charge in [-0.15, -0.1) is 0 Å². The summed E-state index contributed by atoms with van der Waals surface area (Å²) in [4.78, 5) is 7.23. The number of thiocarbonyl (C=S) groups is 1. The molecule has 0 amide bonds. The van der Waals surface area contributed by atoms with Crippen LogP contribution in [0.15, 0.2) is 30.5 Å². The van der Waals surface area contributed by atoms with E-state index in [1.54, 1.807) is 13.3 Å². The van der Waals surface area contributed by atoms with Crippen LogP contribution in [0.2, 0.25) is 0 Å². The van der Waals surface area contributed by atoms with Crippen molar-refractivity contribution in [2.24, 2.45) is 5.73 Å². The van der Waals surface area contributed by atoms with Gasteiger partial charge in [-0.25, -0.2) is 0 Å². The van der Waals surface area contributed by atoms with Crippen molar-refractivity contribution in [2.45, 2.75) is 18.9 Å². The summed E-state index contributed by atoms with van der Waals surface area (Å²) in [6.45, 7) is 1.89. The van der Waals surface area contributed by atoms with Gasteiger partial charge in [0.15, 0.2) is 0 Å². The average Bonchev–Trinajstić information content (AvgIpc) is 2.53. The third-order valence-corrected chi connectivity index (χ3v) is 4.32. The van der Waals surface area contributed by atoms with E-state index in [1.165, 1.54) is 0 Å². The summed E-state index contributed by atoms with van der Waals surface area (Å²) in [6, 6.07) is 8.13. The van der Waals surface area contributed by atoms with E-state index in [-0.39, 0.29) is 0 Å². The third kappa shape index (κ3) is 2.71. The number of nitrogens with two attached hydrogens (primary N) is 1. The highest BCUT2D eigenvalue weighted by atomic mass is 32.1. The number of hydrogen-bond acceptors (Lipinski definition) is 4. The van der Waals surface area contributed by atoms with Crippen LogP contribution in [0.1, 0.15) is 18.4 Å². The van der Waals surface area contributed by atoms with E-state index in [4.69, 9.17) is 22.7 Å². The molecule has 0 spiro atoms. The minimum absolute atomic E-state index is 0.350. The Kier molecular flexibility index (Phi) is 4.03. The smallest absolute Gasteiger partial charge is 0.107 e. The fraction of sp³-hybridized carbons (Fsp3) is 0.375. The first-order chi connectivity index (χ1) is 10.2. The number of pyridine rings is 1. The molecule has 0 radical (unpaired) electrons. The number of piperidine rings is 1. The van der Waals surface area contributed by atoms with E-state index in [0.717, 1.165) is 48.1 Å². The summed E-state index contributed by atoms with van der Waals surface area (Å²) in [6.07, 6.45) is 4.18. The molecule has 0 unspecified atom stereocenters. The largest absolute Gasteiger partial charge is 0.389 e. The first-order valence-electron chi connectivity index (χ1n) is 7.16. The highest BCUT2D eigenvalue weighted by Crippen LogP contribution is 2.32. The predicted molar refractivity (Wildman–Crippen MR) is 89.9 cm³/mol. The molecule has 2 N–H and O–H groups in total. The number of hydrogen-bond donors (Lipinski definition) is 1. The Morgan fingerprint density at radius 3 is 2.71 bits per heavy atom. The van der Waals surface area contributed by atoms with E-state index in [2.05, 4.69) is 16.0 Å². The molecule has 1 aromatic carbocycles. The average molecular weight is 301 g/mol. The fourth-order valence-corrected chi connectivity index (χ4v) is 3.11. The fourth-order valence-electron chi connectivity index (χ4n) is 2.96. The van der Waals surface area contributed by atoms with Crippen LogP contribution in [0.3, 0.4) is 0 Å². The number of rotatable bonds is 3. The van der Waals surface area contributed by atoms with Crippen LogP contribution >= 0.6 is 12.2 Å². The molecule has 21 heavy (non-hydrogen) atoms. The van der Waals surface area contributed by atoms with Crippen LogP contribution in [-0.4, -0.2) is 36.3 Å². The van der Waals surface area contributed by atoms with E-state index in [9.17, 15) is 0 Å². The topological polar surface area (TPSA) is 51.4 Å². The predicted octanol–water partition coefficient (Wildman–Crippen LogP) is 2.48. The van der Waals surface area contributed by atoms with Gasteiger partial charge >= 0.3 is 0 Å². The van der Waals surface area contributed by atoms with Gasteiger partial charge in [0, 0.05) is 31.8 Å². The zero-order chi connectivity index (χ0) is 14.8. The van der Waals surface area contributed by atoms with E-state index in [0.29, 0.717) is 11.1 Å². The number of nitrogens with zero attached hydrogens (tertiary/aromatic N) is 2. The summed E-state index contributed by atoms with van der Waals surface area (Å²) < 4.78 is 5.45. The SMILES string of the molecule is COC1CCN(c2c(C(N)=S)cnc3ccccc23)CC1. The number of para-hydroxylation sites is 1. The molecule has 0 saturated carbocycles. The van der Waals surface area contributed by atoms with E-state index < -0.39 is 0 Å². The molecule has 1 fully saturated rings. The van der Waals surface area contributed by atoms with Crippen molar-refractivity contribution in [1.82, 2.24) is 4.98 Å². The summed E-state index contributed by atoms with van der Waals surface area (Å²) in [5.74, 6) is 0. The second-order valence-corrected chi connectivity index (χ2v) is 5.76. The molecular formula is C16H19N3OS. The molecule has 2 aromatic rings. The normalized spacial score (nSPS) is 16.3. The lowest BCUT2D eigenvalue weighted by Crippen LogP contribution is -2.37. The zero-order valence-corrected chi connectivity index (χ0v) is 12.9.